The summed E-state index contributed by atoms with van der Waals surface area (Å²) in [6, 6.07) is 14.8. The number of amides is 4. The van der Waals surface area contributed by atoms with Crippen LogP contribution in [0.1, 0.15) is 28.1 Å². The monoisotopic (exact) mass is 520 g/mol. The molecule has 174 valence electrons. The smallest absolute Gasteiger partial charge is 0.325 e. The van der Waals surface area contributed by atoms with Gasteiger partial charge in [0, 0.05) is 27.2 Å². The topological polar surface area (TPSA) is 83.4 Å². The van der Waals surface area contributed by atoms with Crippen LogP contribution in [0.2, 0.25) is 0 Å². The van der Waals surface area contributed by atoms with Gasteiger partial charge in [-0.3, -0.25) is 9.59 Å². The number of urea groups is 1. The number of anilines is 1. The Morgan fingerprint density at radius 3 is 2.53 bits per heavy atom. The van der Waals surface area contributed by atoms with Gasteiger partial charge < -0.3 is 15.2 Å². The Hall–Kier alpha value is -3.65. The maximum absolute atomic E-state index is 12.9. The van der Waals surface area contributed by atoms with E-state index in [1.807, 2.05) is 64.1 Å². The van der Waals surface area contributed by atoms with Crippen molar-refractivity contribution < 1.29 is 14.4 Å². The number of nitrogens with one attached hydrogen (secondary N) is 2. The van der Waals surface area contributed by atoms with E-state index in [2.05, 4.69) is 37.2 Å². The Balaban J connectivity index is 1.54. The van der Waals surface area contributed by atoms with E-state index in [0.717, 1.165) is 43.1 Å². The summed E-state index contributed by atoms with van der Waals surface area (Å²) in [5.74, 6) is -0.979. The lowest BCUT2D eigenvalue weighted by Gasteiger charge is -2.12. The van der Waals surface area contributed by atoms with Crippen molar-refractivity contribution in [1.82, 2.24) is 14.8 Å². The van der Waals surface area contributed by atoms with Gasteiger partial charge in [0.2, 0.25) is 5.91 Å². The number of nitrogens with zero attached hydrogens (tertiary/aromatic N) is 2. The molecule has 0 spiro atoms. The van der Waals surface area contributed by atoms with Crippen molar-refractivity contribution in [2.24, 2.45) is 0 Å². The van der Waals surface area contributed by atoms with Crippen LogP contribution < -0.4 is 10.6 Å². The van der Waals surface area contributed by atoms with Gasteiger partial charge in [-0.25, -0.2) is 9.69 Å². The molecule has 2 heterocycles. The molecule has 8 heteroatoms. The quantitative estimate of drug-likeness (QED) is 0.366. The van der Waals surface area contributed by atoms with E-state index < -0.39 is 17.8 Å². The lowest BCUT2D eigenvalue weighted by Crippen LogP contribution is -2.38. The minimum absolute atomic E-state index is 0.139. The molecule has 4 rings (SSSR count). The van der Waals surface area contributed by atoms with Crippen LogP contribution in [-0.2, 0) is 9.59 Å². The maximum atomic E-state index is 12.9. The van der Waals surface area contributed by atoms with Crippen LogP contribution in [0.4, 0.5) is 10.5 Å². The van der Waals surface area contributed by atoms with Gasteiger partial charge in [0.05, 0.1) is 0 Å². The zero-order chi connectivity index (χ0) is 24.6. The molecule has 0 unspecified atom stereocenters. The highest BCUT2D eigenvalue weighted by molar-refractivity contribution is 9.10. The lowest BCUT2D eigenvalue weighted by atomic mass is 10.2. The largest absolute Gasteiger partial charge is 0.329 e. The van der Waals surface area contributed by atoms with Crippen molar-refractivity contribution >= 4 is 45.5 Å². The summed E-state index contributed by atoms with van der Waals surface area (Å²) in [5.41, 5.74) is 6.62. The summed E-state index contributed by atoms with van der Waals surface area (Å²) < 4.78 is 3.13. The molecular weight excluding hydrogens is 496 g/mol. The van der Waals surface area contributed by atoms with Gasteiger partial charge in [-0.15, -0.1) is 0 Å². The number of hydrogen-bond acceptors (Lipinski definition) is 3. The van der Waals surface area contributed by atoms with E-state index in [9.17, 15) is 14.4 Å². The third-order valence-electron chi connectivity index (χ3n) is 5.74. The Bertz CT molecular complexity index is 1360. The van der Waals surface area contributed by atoms with Crippen LogP contribution in [0.25, 0.3) is 11.8 Å². The molecule has 1 saturated heterocycles. The number of benzene rings is 2. The molecular formula is C26H25BrN4O3. The third-order valence-corrected chi connectivity index (χ3v) is 6.63. The summed E-state index contributed by atoms with van der Waals surface area (Å²) in [4.78, 5) is 38.7. The fourth-order valence-electron chi connectivity index (χ4n) is 4.04. The van der Waals surface area contributed by atoms with Crippen LogP contribution >= 0.6 is 15.9 Å². The zero-order valence-corrected chi connectivity index (χ0v) is 21.0. The summed E-state index contributed by atoms with van der Waals surface area (Å²) in [6.45, 7) is 7.53. The minimum Gasteiger partial charge on any atom is -0.325 e. The van der Waals surface area contributed by atoms with E-state index in [1.165, 1.54) is 0 Å². The van der Waals surface area contributed by atoms with Crippen molar-refractivity contribution in [3.63, 3.8) is 0 Å². The highest BCUT2D eigenvalue weighted by Crippen LogP contribution is 2.26. The molecule has 0 aliphatic carbocycles. The fraction of sp³-hybridized carbons (Fsp3) is 0.192. The van der Waals surface area contributed by atoms with Crippen LogP contribution in [0.5, 0.6) is 0 Å². The first-order chi connectivity index (χ1) is 16.1. The van der Waals surface area contributed by atoms with Crippen LogP contribution in [0.3, 0.4) is 0 Å². The average molecular weight is 521 g/mol. The summed E-state index contributed by atoms with van der Waals surface area (Å²) >= 11 is 3.53. The number of halogens is 1. The predicted octanol–water partition coefficient (Wildman–Crippen LogP) is 5.00. The van der Waals surface area contributed by atoms with E-state index in [0.29, 0.717) is 5.69 Å². The van der Waals surface area contributed by atoms with Crippen LogP contribution in [0, 0.1) is 27.7 Å². The van der Waals surface area contributed by atoms with Crippen molar-refractivity contribution in [2.75, 3.05) is 11.9 Å². The lowest BCUT2D eigenvalue weighted by molar-refractivity contribution is -0.127. The second kappa shape index (κ2) is 9.30. The van der Waals surface area contributed by atoms with E-state index in [4.69, 9.17) is 0 Å². The average Bonchev–Trinajstić information content (AvgIpc) is 3.19. The molecule has 0 radical (unpaired) electrons. The van der Waals surface area contributed by atoms with Gasteiger partial charge in [0.1, 0.15) is 12.2 Å². The molecule has 0 bridgehead atoms. The van der Waals surface area contributed by atoms with Crippen molar-refractivity contribution in [2.45, 2.75) is 27.7 Å². The molecule has 3 aromatic rings. The SMILES string of the molecule is Cc1cccc(NC(=O)CN2C(=O)N/C(=C/c3cc(C)n(-c4ccc(Br)c(C)c4)c3C)C2=O)c1. The molecule has 1 aliphatic heterocycles. The van der Waals surface area contributed by atoms with Crippen molar-refractivity contribution in [1.29, 1.82) is 0 Å². The number of carbonyl (C=O) groups is 3. The first kappa shape index (κ1) is 23.5. The first-order valence-electron chi connectivity index (χ1n) is 10.8. The molecule has 1 aromatic heterocycles. The molecule has 1 aliphatic rings. The van der Waals surface area contributed by atoms with Gasteiger partial charge >= 0.3 is 6.03 Å². The van der Waals surface area contributed by atoms with Gasteiger partial charge in [-0.05, 0) is 86.9 Å². The molecule has 0 atom stereocenters. The van der Waals surface area contributed by atoms with Gasteiger partial charge in [-0.2, -0.15) is 0 Å². The van der Waals surface area contributed by atoms with E-state index >= 15 is 0 Å². The molecule has 2 aromatic carbocycles. The first-order valence-corrected chi connectivity index (χ1v) is 11.6. The highest BCUT2D eigenvalue weighted by Gasteiger charge is 2.35. The Kier molecular flexibility index (Phi) is 6.43. The molecule has 1 fully saturated rings. The minimum atomic E-state index is -0.618. The zero-order valence-electron chi connectivity index (χ0n) is 19.4. The molecule has 0 saturated carbocycles. The van der Waals surface area contributed by atoms with Crippen molar-refractivity contribution in [3.8, 4) is 5.69 Å². The number of aryl methyl sites for hydroxylation is 3. The van der Waals surface area contributed by atoms with E-state index in [1.54, 1.807) is 12.1 Å². The van der Waals surface area contributed by atoms with Crippen LogP contribution in [-0.4, -0.2) is 33.9 Å². The number of aromatic nitrogens is 1. The highest BCUT2D eigenvalue weighted by atomic mass is 79.9. The third kappa shape index (κ3) is 4.68. The maximum Gasteiger partial charge on any atom is 0.329 e. The van der Waals surface area contributed by atoms with E-state index in [-0.39, 0.29) is 12.2 Å². The number of rotatable bonds is 5. The molecule has 7 nitrogen and oxygen atoms in total. The van der Waals surface area contributed by atoms with Gasteiger partial charge in [0.15, 0.2) is 0 Å². The normalized spacial score (nSPS) is 14.6. The molecule has 2 N–H and O–H groups in total. The Morgan fingerprint density at radius 2 is 1.82 bits per heavy atom. The predicted molar refractivity (Wildman–Crippen MR) is 136 cm³/mol. The van der Waals surface area contributed by atoms with Gasteiger partial charge in [0.25, 0.3) is 5.91 Å². The number of imide groups is 1. The van der Waals surface area contributed by atoms with Gasteiger partial charge in [-0.1, -0.05) is 28.1 Å². The fourth-order valence-corrected chi connectivity index (χ4v) is 4.28. The summed E-state index contributed by atoms with van der Waals surface area (Å²) in [6.07, 6.45) is 1.66. The van der Waals surface area contributed by atoms with Crippen LogP contribution in [0.15, 0.2) is 58.7 Å². The Morgan fingerprint density at radius 1 is 1.06 bits per heavy atom. The summed E-state index contributed by atoms with van der Waals surface area (Å²) in [7, 11) is 0. The standard InChI is InChI=1S/C26H25BrN4O3/c1-15-6-5-7-20(10-15)28-24(32)14-30-25(33)23(29-26(30)34)13-19-12-17(3)31(18(19)4)21-8-9-22(27)16(2)11-21/h5-13H,14H2,1-4H3,(H,28,32)(H,29,34)/b23-13+. The second-order valence-electron chi connectivity index (χ2n) is 8.39. The second-order valence-corrected chi connectivity index (χ2v) is 9.25. The number of hydrogen-bond donors (Lipinski definition) is 2. The van der Waals surface area contributed by atoms with Crippen molar-refractivity contribution in [3.05, 3.63) is 86.8 Å². The summed E-state index contributed by atoms with van der Waals surface area (Å²) in [5, 5.41) is 5.32. The molecule has 34 heavy (non-hydrogen) atoms. The Labute approximate surface area is 206 Å². The number of carbonyl (C=O) groups excluding carboxylic acids is 3. The molecule has 4 amide bonds.